The summed E-state index contributed by atoms with van der Waals surface area (Å²) >= 11 is 1.42. The lowest BCUT2D eigenvalue weighted by Crippen LogP contribution is -2.28. The fraction of sp³-hybridized carbons (Fsp3) is 0.167. The van der Waals surface area contributed by atoms with Crippen LogP contribution in [0.1, 0.15) is 11.3 Å². The Kier molecular flexibility index (Phi) is 5.14. The van der Waals surface area contributed by atoms with Gasteiger partial charge in [-0.3, -0.25) is 9.78 Å². The minimum Gasteiger partial charge on any atom is -0.341 e. The first-order valence-electron chi connectivity index (χ1n) is 7.56. The maximum Gasteiger partial charge on any atom is 0.228 e. The molecule has 4 nitrogen and oxygen atoms in total. The molecule has 3 rings (SSSR count). The number of thiazole rings is 1. The summed E-state index contributed by atoms with van der Waals surface area (Å²) in [6.07, 6.45) is 1.80. The minimum atomic E-state index is -0.661. The van der Waals surface area contributed by atoms with Crippen molar-refractivity contribution in [2.45, 2.75) is 13.0 Å². The van der Waals surface area contributed by atoms with E-state index in [1.807, 2.05) is 23.6 Å². The molecule has 128 valence electrons. The van der Waals surface area contributed by atoms with Crippen molar-refractivity contribution in [3.63, 3.8) is 0 Å². The molecule has 0 aliphatic rings. The second-order valence-corrected chi connectivity index (χ2v) is 6.38. The van der Waals surface area contributed by atoms with Gasteiger partial charge in [0.2, 0.25) is 5.91 Å². The zero-order valence-electron chi connectivity index (χ0n) is 13.4. The molecule has 7 heteroatoms. The molecule has 0 saturated carbocycles. The van der Waals surface area contributed by atoms with Crippen LogP contribution in [-0.4, -0.2) is 27.8 Å². The summed E-state index contributed by atoms with van der Waals surface area (Å²) < 4.78 is 26.6. The molecule has 0 spiro atoms. The molecule has 0 bridgehead atoms. The van der Waals surface area contributed by atoms with E-state index in [4.69, 9.17) is 0 Å². The molecule has 2 heterocycles. The third-order valence-corrected chi connectivity index (χ3v) is 4.53. The van der Waals surface area contributed by atoms with Crippen LogP contribution in [0.4, 0.5) is 8.78 Å². The number of halogens is 2. The molecule has 1 amide bonds. The average molecular weight is 359 g/mol. The van der Waals surface area contributed by atoms with E-state index in [1.54, 1.807) is 13.2 Å². The summed E-state index contributed by atoms with van der Waals surface area (Å²) in [5, 5.41) is 2.56. The Morgan fingerprint density at radius 1 is 1.24 bits per heavy atom. The maximum atomic E-state index is 13.7. The van der Waals surface area contributed by atoms with E-state index in [1.165, 1.54) is 28.4 Å². The van der Waals surface area contributed by atoms with Crippen molar-refractivity contribution in [1.82, 2.24) is 14.9 Å². The van der Waals surface area contributed by atoms with Crippen LogP contribution in [0, 0.1) is 11.6 Å². The number of hydrogen-bond acceptors (Lipinski definition) is 4. The second-order valence-electron chi connectivity index (χ2n) is 5.52. The zero-order chi connectivity index (χ0) is 17.8. The van der Waals surface area contributed by atoms with Gasteiger partial charge in [-0.1, -0.05) is 12.1 Å². The Labute approximate surface area is 147 Å². The lowest BCUT2D eigenvalue weighted by atomic mass is 10.2. The molecule has 0 aliphatic carbocycles. The van der Waals surface area contributed by atoms with E-state index >= 15 is 0 Å². The molecule has 0 radical (unpaired) electrons. The number of amides is 1. The Bertz CT molecular complexity index is 883. The summed E-state index contributed by atoms with van der Waals surface area (Å²) in [6.45, 7) is 0.0716. The highest BCUT2D eigenvalue weighted by atomic mass is 32.1. The fourth-order valence-corrected chi connectivity index (χ4v) is 3.07. The molecule has 0 saturated heterocycles. The molecule has 3 aromatic rings. The van der Waals surface area contributed by atoms with E-state index < -0.39 is 11.6 Å². The number of nitrogens with zero attached hydrogens (tertiary/aromatic N) is 3. The Morgan fingerprint density at radius 3 is 2.80 bits per heavy atom. The maximum absolute atomic E-state index is 13.7. The standard InChI is InChI=1S/C18H15F2N3OS/c1-23(10-12-5-6-13(19)8-15(12)20)17(24)9-14-11-25-18(22-14)16-4-2-3-7-21-16/h2-8,11H,9-10H2,1H3. The number of aromatic nitrogens is 2. The largest absolute Gasteiger partial charge is 0.341 e. The van der Waals surface area contributed by atoms with Gasteiger partial charge in [0, 0.05) is 36.8 Å². The average Bonchev–Trinajstić information content (AvgIpc) is 3.06. The summed E-state index contributed by atoms with van der Waals surface area (Å²) in [6, 6.07) is 8.89. The first kappa shape index (κ1) is 17.2. The fourth-order valence-electron chi connectivity index (χ4n) is 2.28. The van der Waals surface area contributed by atoms with E-state index in [0.29, 0.717) is 5.69 Å². The molecule has 0 fully saturated rings. The third kappa shape index (κ3) is 4.24. The molecule has 2 aromatic heterocycles. The van der Waals surface area contributed by atoms with Crippen LogP contribution in [0.2, 0.25) is 0 Å². The summed E-state index contributed by atoms with van der Waals surface area (Å²) in [4.78, 5) is 22.4. The van der Waals surface area contributed by atoms with Crippen molar-refractivity contribution in [2.75, 3.05) is 7.05 Å². The smallest absolute Gasteiger partial charge is 0.228 e. The van der Waals surface area contributed by atoms with Gasteiger partial charge in [-0.05, 0) is 18.2 Å². The number of benzene rings is 1. The predicted octanol–water partition coefficient (Wildman–Crippen LogP) is 3.68. The Morgan fingerprint density at radius 2 is 2.08 bits per heavy atom. The summed E-state index contributed by atoms with van der Waals surface area (Å²) in [7, 11) is 1.58. The Balaban J connectivity index is 1.65. The highest BCUT2D eigenvalue weighted by Crippen LogP contribution is 2.22. The van der Waals surface area contributed by atoms with Crippen LogP contribution < -0.4 is 0 Å². The van der Waals surface area contributed by atoms with Crippen molar-refractivity contribution in [2.24, 2.45) is 0 Å². The normalized spacial score (nSPS) is 10.7. The van der Waals surface area contributed by atoms with Crippen LogP contribution in [0.5, 0.6) is 0 Å². The van der Waals surface area contributed by atoms with Crippen molar-refractivity contribution in [3.05, 3.63) is 70.9 Å². The lowest BCUT2D eigenvalue weighted by Gasteiger charge is -2.17. The monoisotopic (exact) mass is 359 g/mol. The predicted molar refractivity (Wildman–Crippen MR) is 91.9 cm³/mol. The molecule has 0 aliphatic heterocycles. The van der Waals surface area contributed by atoms with Gasteiger partial charge in [0.15, 0.2) is 0 Å². The van der Waals surface area contributed by atoms with Crippen LogP contribution in [0.25, 0.3) is 10.7 Å². The number of rotatable bonds is 5. The quantitative estimate of drug-likeness (QED) is 0.698. The number of carbonyl (C=O) groups excluding carboxylic acids is 1. The van der Waals surface area contributed by atoms with Crippen molar-refractivity contribution < 1.29 is 13.6 Å². The summed E-state index contributed by atoms with van der Waals surface area (Å²) in [5.74, 6) is -1.49. The van der Waals surface area contributed by atoms with Gasteiger partial charge < -0.3 is 4.90 Å². The van der Waals surface area contributed by atoms with Crippen LogP contribution in [0.15, 0.2) is 48.0 Å². The highest BCUT2D eigenvalue weighted by Gasteiger charge is 2.15. The van der Waals surface area contributed by atoms with Crippen LogP contribution >= 0.6 is 11.3 Å². The number of hydrogen-bond donors (Lipinski definition) is 0. The van der Waals surface area contributed by atoms with Crippen molar-refractivity contribution >= 4 is 17.2 Å². The van der Waals surface area contributed by atoms with Crippen LogP contribution in [-0.2, 0) is 17.8 Å². The van der Waals surface area contributed by atoms with Gasteiger partial charge in [-0.25, -0.2) is 13.8 Å². The molecular weight excluding hydrogens is 344 g/mol. The van der Waals surface area contributed by atoms with E-state index in [0.717, 1.165) is 16.8 Å². The van der Waals surface area contributed by atoms with E-state index in [2.05, 4.69) is 9.97 Å². The highest BCUT2D eigenvalue weighted by molar-refractivity contribution is 7.13. The number of pyridine rings is 1. The first-order chi connectivity index (χ1) is 12.0. The summed E-state index contributed by atoms with van der Waals surface area (Å²) in [5.41, 5.74) is 1.67. The van der Waals surface area contributed by atoms with Crippen LogP contribution in [0.3, 0.4) is 0 Å². The molecule has 0 atom stereocenters. The lowest BCUT2D eigenvalue weighted by molar-refractivity contribution is -0.129. The topological polar surface area (TPSA) is 46.1 Å². The first-order valence-corrected chi connectivity index (χ1v) is 8.44. The Hall–Kier alpha value is -2.67. The van der Waals surface area contributed by atoms with Gasteiger partial charge in [-0.2, -0.15) is 0 Å². The molecule has 0 N–H and O–H groups in total. The third-order valence-electron chi connectivity index (χ3n) is 3.62. The number of likely N-dealkylation sites (N-methyl/N-ethyl adjacent to an activating group) is 1. The second kappa shape index (κ2) is 7.48. The molecule has 25 heavy (non-hydrogen) atoms. The van der Waals surface area contributed by atoms with E-state index in [-0.39, 0.29) is 24.4 Å². The number of carbonyl (C=O) groups is 1. The van der Waals surface area contributed by atoms with Gasteiger partial charge in [0.05, 0.1) is 17.8 Å². The zero-order valence-corrected chi connectivity index (χ0v) is 14.3. The SMILES string of the molecule is CN(Cc1ccc(F)cc1F)C(=O)Cc1csc(-c2ccccn2)n1. The molecular formula is C18H15F2N3OS. The van der Waals surface area contributed by atoms with Gasteiger partial charge in [-0.15, -0.1) is 11.3 Å². The van der Waals surface area contributed by atoms with Gasteiger partial charge in [0.1, 0.15) is 16.6 Å². The van der Waals surface area contributed by atoms with Gasteiger partial charge in [0.25, 0.3) is 0 Å². The van der Waals surface area contributed by atoms with Crippen molar-refractivity contribution in [3.8, 4) is 10.7 Å². The minimum absolute atomic E-state index is 0.0716. The van der Waals surface area contributed by atoms with Crippen molar-refractivity contribution in [1.29, 1.82) is 0 Å². The van der Waals surface area contributed by atoms with Gasteiger partial charge >= 0.3 is 0 Å². The molecule has 0 unspecified atom stereocenters. The molecule has 1 aromatic carbocycles. The van der Waals surface area contributed by atoms with E-state index in [9.17, 15) is 13.6 Å².